The molecule has 2 aromatic rings. The first-order chi connectivity index (χ1) is 8.70. The maximum Gasteiger partial charge on any atom is 0.218 e. The van der Waals surface area contributed by atoms with Gasteiger partial charge in [0, 0.05) is 27.6 Å². The van der Waals surface area contributed by atoms with Crippen LogP contribution in [0.5, 0.6) is 5.88 Å². The molecule has 0 spiro atoms. The second-order valence-electron chi connectivity index (χ2n) is 3.65. The molecule has 0 radical (unpaired) electrons. The summed E-state index contributed by atoms with van der Waals surface area (Å²) in [6.45, 7) is 0.582. The van der Waals surface area contributed by atoms with Gasteiger partial charge in [0.15, 0.2) is 0 Å². The Morgan fingerprint density at radius 3 is 2.94 bits per heavy atom. The highest BCUT2D eigenvalue weighted by Gasteiger charge is 2.05. The molecule has 0 aliphatic heterocycles. The molecule has 1 aromatic heterocycles. The Kier molecular flexibility index (Phi) is 4.35. The second kappa shape index (κ2) is 5.99. The molecular formula is C13H12FIN2O. The first-order valence-corrected chi connectivity index (χ1v) is 6.45. The third kappa shape index (κ3) is 3.10. The molecule has 0 atom stereocenters. The zero-order valence-electron chi connectivity index (χ0n) is 9.78. The maximum atomic E-state index is 13.0. The van der Waals surface area contributed by atoms with Crippen molar-refractivity contribution in [1.82, 2.24) is 4.98 Å². The molecule has 1 N–H and O–H groups in total. The van der Waals surface area contributed by atoms with Gasteiger partial charge >= 0.3 is 0 Å². The van der Waals surface area contributed by atoms with Crippen molar-refractivity contribution in [1.29, 1.82) is 0 Å². The number of rotatable bonds is 4. The Morgan fingerprint density at radius 1 is 1.39 bits per heavy atom. The van der Waals surface area contributed by atoms with E-state index in [2.05, 4.69) is 32.9 Å². The van der Waals surface area contributed by atoms with Gasteiger partial charge in [0.05, 0.1) is 7.11 Å². The van der Waals surface area contributed by atoms with Crippen molar-refractivity contribution in [3.8, 4) is 5.88 Å². The second-order valence-corrected chi connectivity index (χ2v) is 4.81. The molecule has 0 bridgehead atoms. The molecule has 94 valence electrons. The van der Waals surface area contributed by atoms with E-state index in [1.165, 1.54) is 12.1 Å². The minimum absolute atomic E-state index is 0.232. The largest absolute Gasteiger partial charge is 0.481 e. The van der Waals surface area contributed by atoms with Gasteiger partial charge in [-0.3, -0.25) is 0 Å². The summed E-state index contributed by atoms with van der Waals surface area (Å²) in [6, 6.07) is 8.44. The zero-order chi connectivity index (χ0) is 13.0. The van der Waals surface area contributed by atoms with E-state index >= 15 is 0 Å². The van der Waals surface area contributed by atoms with Gasteiger partial charge in [0.1, 0.15) is 5.82 Å². The summed E-state index contributed by atoms with van der Waals surface area (Å²) in [5.41, 5.74) is 1.85. The molecule has 3 nitrogen and oxygen atoms in total. The lowest BCUT2D eigenvalue weighted by Gasteiger charge is -2.10. The van der Waals surface area contributed by atoms with Crippen molar-refractivity contribution in [2.24, 2.45) is 0 Å². The van der Waals surface area contributed by atoms with E-state index in [-0.39, 0.29) is 5.82 Å². The average Bonchev–Trinajstić information content (AvgIpc) is 2.38. The number of nitrogens with zero attached hydrogens (tertiary/aromatic N) is 1. The standard InChI is InChI=1S/C13H12FIN2O/c1-18-13-9(3-2-6-16-13)8-17-12-5-4-10(14)7-11(12)15/h2-7,17H,8H2,1H3. The summed E-state index contributed by atoms with van der Waals surface area (Å²) in [5, 5.41) is 3.24. The van der Waals surface area contributed by atoms with Crippen LogP contribution in [-0.4, -0.2) is 12.1 Å². The molecule has 1 aromatic carbocycles. The van der Waals surface area contributed by atoms with Gasteiger partial charge in [0.25, 0.3) is 0 Å². The highest BCUT2D eigenvalue weighted by molar-refractivity contribution is 14.1. The monoisotopic (exact) mass is 358 g/mol. The van der Waals surface area contributed by atoms with Gasteiger partial charge in [0.2, 0.25) is 5.88 Å². The summed E-state index contributed by atoms with van der Waals surface area (Å²) in [4.78, 5) is 4.12. The van der Waals surface area contributed by atoms with E-state index in [0.717, 1.165) is 14.8 Å². The highest BCUT2D eigenvalue weighted by atomic mass is 127. The zero-order valence-corrected chi connectivity index (χ0v) is 11.9. The fourth-order valence-corrected chi connectivity index (χ4v) is 2.23. The van der Waals surface area contributed by atoms with E-state index in [1.54, 1.807) is 19.4 Å². The third-order valence-electron chi connectivity index (χ3n) is 2.44. The van der Waals surface area contributed by atoms with E-state index in [4.69, 9.17) is 4.74 Å². The van der Waals surface area contributed by atoms with Crippen LogP contribution in [0.2, 0.25) is 0 Å². The quantitative estimate of drug-likeness (QED) is 0.851. The number of halogens is 2. The Balaban J connectivity index is 2.11. The molecule has 0 saturated carbocycles. The van der Waals surface area contributed by atoms with E-state index < -0.39 is 0 Å². The number of nitrogens with one attached hydrogen (secondary N) is 1. The Bertz CT molecular complexity index is 548. The summed E-state index contributed by atoms with van der Waals surface area (Å²) in [6.07, 6.45) is 1.68. The molecule has 18 heavy (non-hydrogen) atoms. The van der Waals surface area contributed by atoms with Crippen LogP contribution in [0.3, 0.4) is 0 Å². The Hall–Kier alpha value is -1.37. The van der Waals surface area contributed by atoms with Crippen LogP contribution in [0.4, 0.5) is 10.1 Å². The lowest BCUT2D eigenvalue weighted by molar-refractivity contribution is 0.393. The first kappa shape index (κ1) is 13.1. The molecule has 0 aliphatic rings. The van der Waals surface area contributed by atoms with Crippen LogP contribution >= 0.6 is 22.6 Å². The van der Waals surface area contributed by atoms with E-state index in [9.17, 15) is 4.39 Å². The predicted octanol–water partition coefficient (Wildman–Crippen LogP) is 3.45. The first-order valence-electron chi connectivity index (χ1n) is 5.37. The maximum absolute atomic E-state index is 13.0. The van der Waals surface area contributed by atoms with Crippen molar-refractivity contribution in [2.45, 2.75) is 6.54 Å². The van der Waals surface area contributed by atoms with Crippen LogP contribution in [0, 0.1) is 9.39 Å². The van der Waals surface area contributed by atoms with Gasteiger partial charge in [-0.2, -0.15) is 0 Å². The molecule has 0 unspecified atom stereocenters. The van der Waals surface area contributed by atoms with Crippen LogP contribution in [0.25, 0.3) is 0 Å². The van der Waals surface area contributed by atoms with Crippen molar-refractivity contribution < 1.29 is 9.13 Å². The lowest BCUT2D eigenvalue weighted by atomic mass is 10.2. The van der Waals surface area contributed by atoms with Gasteiger partial charge in [-0.15, -0.1) is 0 Å². The molecule has 0 aliphatic carbocycles. The molecule has 1 heterocycles. The van der Waals surface area contributed by atoms with Crippen molar-refractivity contribution >= 4 is 28.3 Å². The van der Waals surface area contributed by atoms with E-state index in [1.807, 2.05) is 12.1 Å². The number of pyridine rings is 1. The molecule has 2 rings (SSSR count). The number of hydrogen-bond acceptors (Lipinski definition) is 3. The molecular weight excluding hydrogens is 346 g/mol. The number of hydrogen-bond donors (Lipinski definition) is 1. The topological polar surface area (TPSA) is 34.1 Å². The molecule has 5 heteroatoms. The molecule has 0 fully saturated rings. The number of methoxy groups -OCH3 is 1. The van der Waals surface area contributed by atoms with Crippen molar-refractivity contribution in [3.05, 3.63) is 51.5 Å². The predicted molar refractivity (Wildman–Crippen MR) is 77.2 cm³/mol. The smallest absolute Gasteiger partial charge is 0.218 e. The highest BCUT2D eigenvalue weighted by Crippen LogP contribution is 2.21. The van der Waals surface area contributed by atoms with Crippen molar-refractivity contribution in [2.75, 3.05) is 12.4 Å². The molecule has 0 saturated heterocycles. The minimum atomic E-state index is -0.232. The van der Waals surface area contributed by atoms with E-state index in [0.29, 0.717) is 12.4 Å². The van der Waals surface area contributed by atoms with Crippen molar-refractivity contribution in [3.63, 3.8) is 0 Å². The molecule has 0 amide bonds. The summed E-state index contributed by atoms with van der Waals surface area (Å²) in [7, 11) is 1.59. The SMILES string of the molecule is COc1ncccc1CNc1ccc(F)cc1I. The summed E-state index contributed by atoms with van der Waals surface area (Å²) in [5.74, 6) is 0.367. The fraction of sp³-hybridized carbons (Fsp3) is 0.154. The van der Waals surface area contributed by atoms with Crippen LogP contribution in [-0.2, 0) is 6.54 Å². The average molecular weight is 358 g/mol. The van der Waals surface area contributed by atoms with Gasteiger partial charge in [-0.05, 0) is 46.9 Å². The Labute approximate surface area is 119 Å². The van der Waals surface area contributed by atoms with Crippen LogP contribution < -0.4 is 10.1 Å². The normalized spacial score (nSPS) is 10.2. The number of benzene rings is 1. The minimum Gasteiger partial charge on any atom is -0.481 e. The van der Waals surface area contributed by atoms with Crippen LogP contribution in [0.1, 0.15) is 5.56 Å². The summed E-state index contributed by atoms with van der Waals surface area (Å²) >= 11 is 2.10. The number of anilines is 1. The third-order valence-corrected chi connectivity index (χ3v) is 3.34. The lowest BCUT2D eigenvalue weighted by Crippen LogP contribution is -2.04. The fourth-order valence-electron chi connectivity index (χ4n) is 1.57. The number of aromatic nitrogens is 1. The van der Waals surface area contributed by atoms with Gasteiger partial charge in [-0.1, -0.05) is 6.07 Å². The Morgan fingerprint density at radius 2 is 2.22 bits per heavy atom. The van der Waals surface area contributed by atoms with Gasteiger partial charge in [-0.25, -0.2) is 9.37 Å². The summed E-state index contributed by atoms with van der Waals surface area (Å²) < 4.78 is 19.0. The van der Waals surface area contributed by atoms with Crippen LogP contribution in [0.15, 0.2) is 36.5 Å². The van der Waals surface area contributed by atoms with Gasteiger partial charge < -0.3 is 10.1 Å². The number of ether oxygens (including phenoxy) is 1.